The lowest BCUT2D eigenvalue weighted by Crippen LogP contribution is -2.36. The van der Waals surface area contributed by atoms with Gasteiger partial charge in [-0.1, -0.05) is 29.3 Å². The third kappa shape index (κ3) is 4.72. The second-order valence-corrected chi connectivity index (χ2v) is 7.54. The molecule has 0 saturated carbocycles. The first-order valence-electron chi connectivity index (χ1n) is 8.88. The highest BCUT2D eigenvalue weighted by molar-refractivity contribution is 6.42. The number of carbonyl (C=O) groups excluding carboxylic acids is 3. The van der Waals surface area contributed by atoms with Gasteiger partial charge in [0, 0.05) is 26.3 Å². The zero-order valence-electron chi connectivity index (χ0n) is 15.3. The summed E-state index contributed by atoms with van der Waals surface area (Å²) in [5.74, 6) is -2.70. The smallest absolute Gasteiger partial charge is 0.291 e. The molecule has 1 N–H and O–H groups in total. The van der Waals surface area contributed by atoms with Crippen LogP contribution in [0.1, 0.15) is 17.7 Å². The zero-order valence-corrected chi connectivity index (χ0v) is 16.8. The van der Waals surface area contributed by atoms with Crippen LogP contribution < -0.4 is 5.32 Å². The molecule has 3 rings (SSSR count). The van der Waals surface area contributed by atoms with Crippen LogP contribution in [-0.2, 0) is 34.4 Å². The minimum atomic E-state index is -0.971. The van der Waals surface area contributed by atoms with Gasteiger partial charge in [-0.2, -0.15) is 5.10 Å². The largest absolute Gasteiger partial charge is 0.355 e. The van der Waals surface area contributed by atoms with Crippen molar-refractivity contribution in [1.29, 1.82) is 0 Å². The van der Waals surface area contributed by atoms with E-state index in [0.29, 0.717) is 35.1 Å². The van der Waals surface area contributed by atoms with Crippen molar-refractivity contribution in [2.45, 2.75) is 19.4 Å². The monoisotopic (exact) mass is 422 g/mol. The van der Waals surface area contributed by atoms with Crippen LogP contribution in [-0.4, -0.2) is 45.4 Å². The van der Waals surface area contributed by atoms with Crippen LogP contribution in [0.2, 0.25) is 10.0 Å². The summed E-state index contributed by atoms with van der Waals surface area (Å²) in [5.41, 5.74) is 1.68. The lowest BCUT2D eigenvalue weighted by Gasteiger charge is -2.14. The summed E-state index contributed by atoms with van der Waals surface area (Å²) in [7, 11) is 1.77. The number of benzene rings is 1. The highest BCUT2D eigenvalue weighted by Gasteiger charge is 2.43. The molecule has 148 valence electrons. The Morgan fingerprint density at radius 1 is 1.25 bits per heavy atom. The van der Waals surface area contributed by atoms with Crippen molar-refractivity contribution in [3.63, 3.8) is 0 Å². The number of carbonyl (C=O) groups is 3. The van der Waals surface area contributed by atoms with Crippen molar-refractivity contribution in [3.8, 4) is 0 Å². The Morgan fingerprint density at radius 2 is 2.04 bits per heavy atom. The van der Waals surface area contributed by atoms with E-state index in [2.05, 4.69) is 10.4 Å². The quantitative estimate of drug-likeness (QED) is 0.420. The Labute approximate surface area is 172 Å². The Morgan fingerprint density at radius 3 is 2.71 bits per heavy atom. The lowest BCUT2D eigenvalue weighted by molar-refractivity contribution is -0.142. The van der Waals surface area contributed by atoms with Crippen LogP contribution in [0.5, 0.6) is 0 Å². The molecule has 0 aliphatic carbocycles. The molecule has 28 heavy (non-hydrogen) atoms. The average molecular weight is 423 g/mol. The first-order chi connectivity index (χ1) is 13.3. The second-order valence-electron chi connectivity index (χ2n) is 6.73. The fraction of sp³-hybridized carbons (Fsp3) is 0.368. The molecule has 2 aromatic rings. The van der Waals surface area contributed by atoms with Gasteiger partial charge in [0.15, 0.2) is 0 Å². The van der Waals surface area contributed by atoms with Gasteiger partial charge in [-0.3, -0.25) is 19.1 Å². The molecule has 1 aliphatic rings. The SMILES string of the molecule is Cn1ccc(CN2CC(C(=O)NCCCc3ccc(Cl)c(Cl)c3)C(=O)C2=O)n1. The molecule has 1 unspecified atom stereocenters. The highest BCUT2D eigenvalue weighted by Crippen LogP contribution is 2.23. The van der Waals surface area contributed by atoms with Gasteiger partial charge in [-0.15, -0.1) is 0 Å². The van der Waals surface area contributed by atoms with Crippen molar-refractivity contribution < 1.29 is 14.4 Å². The summed E-state index contributed by atoms with van der Waals surface area (Å²) < 4.78 is 1.62. The summed E-state index contributed by atoms with van der Waals surface area (Å²) in [6.45, 7) is 0.691. The van der Waals surface area contributed by atoms with E-state index < -0.39 is 23.5 Å². The van der Waals surface area contributed by atoms with Crippen LogP contribution in [0, 0.1) is 5.92 Å². The van der Waals surface area contributed by atoms with Crippen LogP contribution in [0.4, 0.5) is 0 Å². The van der Waals surface area contributed by atoms with Gasteiger partial charge in [0.1, 0.15) is 5.92 Å². The minimum Gasteiger partial charge on any atom is -0.355 e. The maximum Gasteiger partial charge on any atom is 0.291 e. The lowest BCUT2D eigenvalue weighted by atomic mass is 10.1. The van der Waals surface area contributed by atoms with Gasteiger partial charge in [0.25, 0.3) is 5.91 Å². The number of hydrogen-bond donors (Lipinski definition) is 1. The molecule has 1 aromatic carbocycles. The predicted molar refractivity (Wildman–Crippen MR) is 105 cm³/mol. The number of Topliss-reactive ketones (excluding diaryl/α,β-unsaturated/α-hetero) is 1. The fourth-order valence-electron chi connectivity index (χ4n) is 3.09. The van der Waals surface area contributed by atoms with Crippen LogP contribution in [0.25, 0.3) is 0 Å². The molecular weight excluding hydrogens is 403 g/mol. The average Bonchev–Trinajstić information content (AvgIpc) is 3.19. The van der Waals surface area contributed by atoms with E-state index in [1.165, 1.54) is 4.90 Å². The van der Waals surface area contributed by atoms with Crippen molar-refractivity contribution in [1.82, 2.24) is 20.0 Å². The molecule has 1 aromatic heterocycles. The molecule has 1 atom stereocenters. The molecule has 0 bridgehead atoms. The van der Waals surface area contributed by atoms with Crippen molar-refractivity contribution >= 4 is 40.8 Å². The van der Waals surface area contributed by atoms with Crippen LogP contribution in [0.15, 0.2) is 30.5 Å². The highest BCUT2D eigenvalue weighted by atomic mass is 35.5. The second kappa shape index (κ2) is 8.75. The predicted octanol–water partition coefficient (Wildman–Crippen LogP) is 2.00. The van der Waals surface area contributed by atoms with Gasteiger partial charge in [-0.25, -0.2) is 0 Å². The minimum absolute atomic E-state index is 0.0763. The van der Waals surface area contributed by atoms with E-state index in [1.54, 1.807) is 36.1 Å². The fourth-order valence-corrected chi connectivity index (χ4v) is 3.42. The number of likely N-dealkylation sites (tertiary alicyclic amines) is 1. The standard InChI is InChI=1S/C19H20Cl2N4O3/c1-24-8-6-13(23-24)10-25-11-14(17(26)19(25)28)18(27)22-7-2-3-12-4-5-15(20)16(21)9-12/h4-6,8-9,14H,2-3,7,10-11H2,1H3,(H,22,27). The molecule has 7 nitrogen and oxygen atoms in total. The Kier molecular flexibility index (Phi) is 6.36. The molecule has 0 spiro atoms. The molecule has 2 amide bonds. The number of aromatic nitrogens is 2. The first-order valence-corrected chi connectivity index (χ1v) is 9.64. The maximum absolute atomic E-state index is 12.3. The molecule has 1 aliphatic heterocycles. The topological polar surface area (TPSA) is 84.3 Å². The summed E-state index contributed by atoms with van der Waals surface area (Å²) in [4.78, 5) is 38.0. The van der Waals surface area contributed by atoms with Gasteiger partial charge in [-0.05, 0) is 36.6 Å². The first kappa shape index (κ1) is 20.4. The van der Waals surface area contributed by atoms with E-state index in [4.69, 9.17) is 23.2 Å². The molecule has 2 heterocycles. The summed E-state index contributed by atoms with van der Waals surface area (Å²) >= 11 is 11.9. The Hall–Kier alpha value is -2.38. The van der Waals surface area contributed by atoms with Gasteiger partial charge < -0.3 is 10.2 Å². The number of nitrogens with zero attached hydrogens (tertiary/aromatic N) is 3. The van der Waals surface area contributed by atoms with E-state index in [0.717, 1.165) is 5.56 Å². The number of ketones is 1. The van der Waals surface area contributed by atoms with Crippen molar-refractivity contribution in [2.75, 3.05) is 13.1 Å². The number of hydrogen-bond acceptors (Lipinski definition) is 4. The number of nitrogens with one attached hydrogen (secondary N) is 1. The van der Waals surface area contributed by atoms with Crippen molar-refractivity contribution in [3.05, 3.63) is 51.8 Å². The van der Waals surface area contributed by atoms with Gasteiger partial charge >= 0.3 is 0 Å². The third-order valence-electron chi connectivity index (χ3n) is 4.58. The third-order valence-corrected chi connectivity index (χ3v) is 5.32. The molecule has 1 fully saturated rings. The van der Waals surface area contributed by atoms with Crippen LogP contribution >= 0.6 is 23.2 Å². The van der Waals surface area contributed by atoms with E-state index in [1.807, 2.05) is 6.07 Å². The van der Waals surface area contributed by atoms with E-state index in [-0.39, 0.29) is 13.1 Å². The zero-order chi connectivity index (χ0) is 20.3. The summed E-state index contributed by atoms with van der Waals surface area (Å²) in [6.07, 6.45) is 3.15. The van der Waals surface area contributed by atoms with Gasteiger partial charge in [0.2, 0.25) is 11.7 Å². The molecule has 1 saturated heterocycles. The number of rotatable bonds is 7. The number of aryl methyl sites for hydroxylation is 2. The summed E-state index contributed by atoms with van der Waals surface area (Å²) in [6, 6.07) is 7.18. The Balaban J connectivity index is 1.47. The Bertz CT molecular complexity index is 912. The van der Waals surface area contributed by atoms with Crippen molar-refractivity contribution in [2.24, 2.45) is 13.0 Å². The van der Waals surface area contributed by atoms with Gasteiger partial charge in [0.05, 0.1) is 22.3 Å². The molecule has 9 heteroatoms. The molecular formula is C19H20Cl2N4O3. The van der Waals surface area contributed by atoms with E-state index >= 15 is 0 Å². The number of halogens is 2. The van der Waals surface area contributed by atoms with Crippen LogP contribution in [0.3, 0.4) is 0 Å². The van der Waals surface area contributed by atoms with E-state index in [9.17, 15) is 14.4 Å². The number of amides is 2. The normalized spacial score (nSPS) is 16.7. The maximum atomic E-state index is 12.3. The summed E-state index contributed by atoms with van der Waals surface area (Å²) in [5, 5.41) is 7.93. The molecule has 0 radical (unpaired) electrons.